The maximum atomic E-state index is 11.7. The Hall–Kier alpha value is -3.26. The van der Waals surface area contributed by atoms with Gasteiger partial charge in [0.25, 0.3) is 0 Å². The highest BCUT2D eigenvalue weighted by Crippen LogP contribution is 1.83. The summed E-state index contributed by atoms with van der Waals surface area (Å²) >= 11 is 0. The van der Waals surface area contributed by atoms with Crippen molar-refractivity contribution >= 4 is 35.4 Å². The number of carbonyl (C=O) groups is 6. The van der Waals surface area contributed by atoms with E-state index in [2.05, 4.69) is 31.9 Å². The van der Waals surface area contributed by atoms with Crippen LogP contribution in [0.4, 0.5) is 0 Å². The number of hydrogen-bond acceptors (Lipinski definition) is 8. The van der Waals surface area contributed by atoms with E-state index >= 15 is 0 Å². The van der Waals surface area contributed by atoms with Crippen molar-refractivity contribution in [3.8, 4) is 0 Å². The van der Waals surface area contributed by atoms with Crippen LogP contribution in [0.1, 0.15) is 6.92 Å². The third kappa shape index (κ3) is 12.7. The molecule has 6 amide bonds. The van der Waals surface area contributed by atoms with E-state index in [1.807, 2.05) is 0 Å². The minimum absolute atomic E-state index is 0.270. The molecule has 0 rings (SSSR count). The molecule has 0 aliphatic carbocycles. The zero-order chi connectivity index (χ0) is 22.2. The Kier molecular flexibility index (Phi) is 13.1. The van der Waals surface area contributed by atoms with Gasteiger partial charge in [0.2, 0.25) is 35.4 Å². The number of likely N-dealkylation sites (N-methyl/N-ethyl adjacent to an activating group) is 1. The second-order valence-electron chi connectivity index (χ2n) is 5.51. The fourth-order valence-corrected chi connectivity index (χ4v) is 1.71. The molecule has 0 fully saturated rings. The molecule has 0 unspecified atom stereocenters. The van der Waals surface area contributed by atoms with Crippen molar-refractivity contribution in [3.05, 3.63) is 0 Å². The minimum atomic E-state index is -1.14. The van der Waals surface area contributed by atoms with Gasteiger partial charge in [-0.05, 0) is 6.92 Å². The van der Waals surface area contributed by atoms with Gasteiger partial charge in [-0.3, -0.25) is 28.8 Å². The Morgan fingerprint density at radius 1 is 0.724 bits per heavy atom. The molecule has 14 nitrogen and oxygen atoms in total. The molecule has 0 spiro atoms. The Bertz CT molecular complexity index is 612. The van der Waals surface area contributed by atoms with Gasteiger partial charge in [0, 0.05) is 6.54 Å². The lowest BCUT2D eigenvalue weighted by atomic mass is 10.3. The lowest BCUT2D eigenvalue weighted by Crippen LogP contribution is -2.52. The Balaban J connectivity index is 4.03. The van der Waals surface area contributed by atoms with E-state index in [1.165, 1.54) is 0 Å². The molecule has 14 heteroatoms. The van der Waals surface area contributed by atoms with E-state index in [0.29, 0.717) is 6.54 Å². The minimum Gasteiger partial charge on any atom is -0.394 e. The van der Waals surface area contributed by atoms with Gasteiger partial charge in [0.1, 0.15) is 6.04 Å². The van der Waals surface area contributed by atoms with Crippen LogP contribution in [0.25, 0.3) is 0 Å². The summed E-state index contributed by atoms with van der Waals surface area (Å²) in [4.78, 5) is 68.6. The van der Waals surface area contributed by atoms with Gasteiger partial charge in [0.05, 0.1) is 39.3 Å². The Morgan fingerprint density at radius 3 is 1.52 bits per heavy atom. The maximum Gasteiger partial charge on any atom is 0.244 e. The van der Waals surface area contributed by atoms with Gasteiger partial charge >= 0.3 is 0 Å². The second kappa shape index (κ2) is 14.8. The first-order valence-electron chi connectivity index (χ1n) is 8.68. The molecule has 0 aromatic heterocycles. The van der Waals surface area contributed by atoms with Crippen molar-refractivity contribution in [3.63, 3.8) is 0 Å². The van der Waals surface area contributed by atoms with E-state index < -0.39 is 67.7 Å². The van der Waals surface area contributed by atoms with Crippen LogP contribution in [0.2, 0.25) is 0 Å². The summed E-state index contributed by atoms with van der Waals surface area (Å²) in [5, 5.41) is 22.6. The van der Waals surface area contributed by atoms with Crippen molar-refractivity contribution in [1.29, 1.82) is 0 Å². The maximum absolute atomic E-state index is 11.7. The molecule has 0 saturated heterocycles. The first kappa shape index (κ1) is 25.7. The number of carbonyl (C=O) groups excluding carboxylic acids is 6. The SMILES string of the molecule is CCNC(=O)[C@H](CO)NC(=O)CNC(=O)CNC(=O)CNC(=O)CNC(=O)CN. The molecule has 0 saturated carbocycles. The van der Waals surface area contributed by atoms with Crippen molar-refractivity contribution in [2.24, 2.45) is 5.73 Å². The van der Waals surface area contributed by atoms with Crippen LogP contribution >= 0.6 is 0 Å². The smallest absolute Gasteiger partial charge is 0.244 e. The fraction of sp³-hybridized carbons (Fsp3) is 0.600. The summed E-state index contributed by atoms with van der Waals surface area (Å²) in [6.07, 6.45) is 0. The van der Waals surface area contributed by atoms with Gasteiger partial charge in [-0.15, -0.1) is 0 Å². The van der Waals surface area contributed by atoms with Gasteiger partial charge in [-0.2, -0.15) is 0 Å². The van der Waals surface area contributed by atoms with Gasteiger partial charge in [-0.25, -0.2) is 0 Å². The van der Waals surface area contributed by atoms with Crippen LogP contribution < -0.4 is 37.6 Å². The van der Waals surface area contributed by atoms with E-state index in [-0.39, 0.29) is 13.1 Å². The molecule has 0 aromatic rings. The predicted octanol–water partition coefficient (Wildman–Crippen LogP) is -5.98. The molecule has 0 radical (unpaired) electrons. The summed E-state index contributed by atoms with van der Waals surface area (Å²) in [5.74, 6) is -3.77. The number of nitrogens with one attached hydrogen (secondary N) is 6. The average molecular weight is 417 g/mol. The zero-order valence-corrected chi connectivity index (χ0v) is 16.0. The first-order valence-corrected chi connectivity index (χ1v) is 8.68. The quantitative estimate of drug-likeness (QED) is 0.144. The highest BCUT2D eigenvalue weighted by molar-refractivity contribution is 5.92. The number of rotatable bonds is 13. The molecule has 29 heavy (non-hydrogen) atoms. The van der Waals surface area contributed by atoms with E-state index in [1.54, 1.807) is 6.92 Å². The molecule has 0 aliphatic heterocycles. The van der Waals surface area contributed by atoms with Crippen molar-refractivity contribution < 1.29 is 33.9 Å². The number of aliphatic hydroxyl groups is 1. The molecule has 0 bridgehead atoms. The van der Waals surface area contributed by atoms with E-state index in [0.717, 1.165) is 0 Å². The Labute approximate surface area is 166 Å². The fourth-order valence-electron chi connectivity index (χ4n) is 1.71. The van der Waals surface area contributed by atoms with Gasteiger partial charge in [0.15, 0.2) is 0 Å². The summed E-state index contributed by atoms with van der Waals surface area (Å²) in [5.41, 5.74) is 5.05. The lowest BCUT2D eigenvalue weighted by molar-refractivity contribution is -0.131. The van der Waals surface area contributed by atoms with Crippen LogP contribution in [0.3, 0.4) is 0 Å². The highest BCUT2D eigenvalue weighted by atomic mass is 16.3. The first-order chi connectivity index (χ1) is 13.7. The third-order valence-corrected chi connectivity index (χ3v) is 3.16. The molecular weight excluding hydrogens is 390 g/mol. The van der Waals surface area contributed by atoms with Crippen molar-refractivity contribution in [2.45, 2.75) is 13.0 Å². The average Bonchev–Trinajstić information content (AvgIpc) is 2.71. The van der Waals surface area contributed by atoms with Crippen LogP contribution in [-0.2, 0) is 28.8 Å². The molecular formula is C15H27N7O7. The molecule has 164 valence electrons. The highest BCUT2D eigenvalue weighted by Gasteiger charge is 2.19. The summed E-state index contributed by atoms with van der Waals surface area (Å²) in [6.45, 7) is -0.567. The van der Waals surface area contributed by atoms with Crippen molar-refractivity contribution in [1.82, 2.24) is 31.9 Å². The van der Waals surface area contributed by atoms with Gasteiger partial charge in [-0.1, -0.05) is 0 Å². The van der Waals surface area contributed by atoms with Crippen LogP contribution in [0.15, 0.2) is 0 Å². The number of amides is 6. The largest absolute Gasteiger partial charge is 0.394 e. The van der Waals surface area contributed by atoms with Crippen molar-refractivity contribution in [2.75, 3.05) is 45.9 Å². The van der Waals surface area contributed by atoms with Gasteiger partial charge < -0.3 is 42.7 Å². The van der Waals surface area contributed by atoms with Crippen LogP contribution in [0.5, 0.6) is 0 Å². The van der Waals surface area contributed by atoms with E-state index in [4.69, 9.17) is 10.8 Å². The molecule has 0 aliphatic rings. The summed E-state index contributed by atoms with van der Waals surface area (Å²) in [6, 6.07) is -1.14. The molecule has 9 N–H and O–H groups in total. The van der Waals surface area contributed by atoms with E-state index in [9.17, 15) is 28.8 Å². The number of nitrogens with two attached hydrogens (primary N) is 1. The number of hydrogen-bond donors (Lipinski definition) is 8. The predicted molar refractivity (Wildman–Crippen MR) is 98.8 cm³/mol. The molecule has 0 aromatic carbocycles. The van der Waals surface area contributed by atoms with Crippen LogP contribution in [-0.4, -0.2) is 92.5 Å². The second-order valence-corrected chi connectivity index (χ2v) is 5.51. The standard InChI is InChI=1S/C15H27N7O7/c1-2-17-15(29)9(8-23)22-14(28)7-21-13(27)6-20-12(26)5-19-11(25)4-18-10(24)3-16/h9,23H,2-8,16H2,1H3,(H,17,29)(H,18,24)(H,19,25)(H,20,26)(H,21,27)(H,22,28)/t9-/m0/s1. The molecule has 1 atom stereocenters. The molecule has 0 heterocycles. The van der Waals surface area contributed by atoms with Crippen LogP contribution in [0, 0.1) is 0 Å². The summed E-state index contributed by atoms with van der Waals surface area (Å²) in [7, 11) is 0. The zero-order valence-electron chi connectivity index (χ0n) is 16.0. The normalized spacial score (nSPS) is 10.9. The summed E-state index contributed by atoms with van der Waals surface area (Å²) < 4.78 is 0. The third-order valence-electron chi connectivity index (χ3n) is 3.16. The Morgan fingerprint density at radius 2 is 1.14 bits per heavy atom. The lowest BCUT2D eigenvalue weighted by Gasteiger charge is -2.15. The topological polar surface area (TPSA) is 221 Å². The monoisotopic (exact) mass is 417 g/mol. The number of aliphatic hydroxyl groups excluding tert-OH is 1.